The van der Waals surface area contributed by atoms with E-state index in [4.69, 9.17) is 21.1 Å². The molecule has 29 heavy (non-hydrogen) atoms. The molecule has 0 fully saturated rings. The molecule has 1 N–H and O–H groups in total. The summed E-state index contributed by atoms with van der Waals surface area (Å²) in [6.45, 7) is 5.62. The Hall–Kier alpha value is -2.21. The number of halogens is 2. The third-order valence-electron chi connectivity index (χ3n) is 4.30. The maximum atomic E-state index is 6.14. The van der Waals surface area contributed by atoms with Gasteiger partial charge in [-0.3, -0.25) is 0 Å². The molecule has 1 aromatic heterocycles. The van der Waals surface area contributed by atoms with Crippen LogP contribution in [0.2, 0.25) is 5.02 Å². The fraction of sp³-hybridized carbons (Fsp3) is 0.318. The first-order chi connectivity index (χ1) is 13.8. The van der Waals surface area contributed by atoms with Gasteiger partial charge in [-0.2, -0.15) is 0 Å². The summed E-state index contributed by atoms with van der Waals surface area (Å²) in [4.78, 5) is 4.06. The lowest BCUT2D eigenvalue weighted by atomic mass is 10.1. The zero-order valence-corrected chi connectivity index (χ0v) is 18.1. The Morgan fingerprint density at radius 1 is 1.10 bits per heavy atom. The quantitative estimate of drug-likeness (QED) is 0.424. The number of nitrogens with zero attached hydrogens (tertiary/aromatic N) is 2. The third-order valence-corrected chi connectivity index (χ3v) is 4.55. The van der Waals surface area contributed by atoms with Crippen LogP contribution in [0.3, 0.4) is 0 Å². The summed E-state index contributed by atoms with van der Waals surface area (Å²) >= 11 is 5.96. The number of hydrogen-bond acceptors (Lipinski definition) is 4. The van der Waals surface area contributed by atoms with Gasteiger partial charge in [0, 0.05) is 36.1 Å². The maximum Gasteiger partial charge on any atom is 0.166 e. The highest BCUT2D eigenvalue weighted by atomic mass is 35.5. The van der Waals surface area contributed by atoms with Crippen LogP contribution in [0.1, 0.15) is 24.5 Å². The molecule has 156 valence electrons. The van der Waals surface area contributed by atoms with Crippen molar-refractivity contribution in [1.29, 1.82) is 0 Å². The van der Waals surface area contributed by atoms with Crippen molar-refractivity contribution in [3.63, 3.8) is 0 Å². The highest BCUT2D eigenvalue weighted by Crippen LogP contribution is 2.32. The predicted molar refractivity (Wildman–Crippen MR) is 119 cm³/mol. The SMILES string of the molecule is CCOc1cccc(CNCCCn2ccnc2)c1OCc1ccc(Cl)cc1.Cl. The van der Waals surface area contributed by atoms with E-state index in [1.807, 2.05) is 55.8 Å². The molecule has 3 aromatic rings. The molecule has 0 amide bonds. The number of rotatable bonds is 11. The van der Waals surface area contributed by atoms with E-state index >= 15 is 0 Å². The molecule has 0 saturated heterocycles. The minimum absolute atomic E-state index is 0. The van der Waals surface area contributed by atoms with Crippen molar-refractivity contribution < 1.29 is 9.47 Å². The Labute approximate surface area is 183 Å². The van der Waals surface area contributed by atoms with Crippen LogP contribution in [0.5, 0.6) is 11.5 Å². The molecule has 0 saturated carbocycles. The number of nitrogens with one attached hydrogen (secondary N) is 1. The van der Waals surface area contributed by atoms with Gasteiger partial charge in [0.25, 0.3) is 0 Å². The Morgan fingerprint density at radius 2 is 1.93 bits per heavy atom. The predicted octanol–water partition coefficient (Wildman–Crippen LogP) is 5.12. The average Bonchev–Trinajstić information content (AvgIpc) is 3.22. The van der Waals surface area contributed by atoms with Gasteiger partial charge in [0.05, 0.1) is 12.9 Å². The molecular formula is C22H27Cl2N3O2. The van der Waals surface area contributed by atoms with E-state index in [1.165, 1.54) is 0 Å². The number of aromatic nitrogens is 2. The lowest BCUT2D eigenvalue weighted by Crippen LogP contribution is -2.17. The summed E-state index contributed by atoms with van der Waals surface area (Å²) in [7, 11) is 0. The van der Waals surface area contributed by atoms with Crippen molar-refractivity contribution in [1.82, 2.24) is 14.9 Å². The molecule has 0 atom stereocenters. The molecule has 1 heterocycles. The van der Waals surface area contributed by atoms with Crippen LogP contribution in [0.25, 0.3) is 0 Å². The van der Waals surface area contributed by atoms with E-state index < -0.39 is 0 Å². The van der Waals surface area contributed by atoms with E-state index in [-0.39, 0.29) is 12.4 Å². The van der Waals surface area contributed by atoms with Crippen LogP contribution >= 0.6 is 24.0 Å². The summed E-state index contributed by atoms with van der Waals surface area (Å²) in [5.74, 6) is 1.57. The van der Waals surface area contributed by atoms with Crippen molar-refractivity contribution >= 4 is 24.0 Å². The van der Waals surface area contributed by atoms with E-state index in [2.05, 4.69) is 20.9 Å². The van der Waals surface area contributed by atoms with Crippen molar-refractivity contribution in [3.05, 3.63) is 77.3 Å². The third kappa shape index (κ3) is 7.28. The number of imidazole rings is 1. The first-order valence-corrected chi connectivity index (χ1v) is 9.92. The monoisotopic (exact) mass is 435 g/mol. The van der Waals surface area contributed by atoms with Crippen LogP contribution < -0.4 is 14.8 Å². The first-order valence-electron chi connectivity index (χ1n) is 9.54. The first kappa shape index (κ1) is 23.1. The lowest BCUT2D eigenvalue weighted by Gasteiger charge is -2.16. The van der Waals surface area contributed by atoms with Gasteiger partial charge in [-0.05, 0) is 43.7 Å². The molecule has 2 aromatic carbocycles. The van der Waals surface area contributed by atoms with Crippen LogP contribution in [0, 0.1) is 0 Å². The maximum absolute atomic E-state index is 6.14. The molecular weight excluding hydrogens is 409 g/mol. The second-order valence-corrected chi connectivity index (χ2v) is 6.86. The average molecular weight is 436 g/mol. The Kier molecular flexibility index (Phi) is 9.84. The van der Waals surface area contributed by atoms with Crippen molar-refractivity contribution in [2.45, 2.75) is 33.0 Å². The largest absolute Gasteiger partial charge is 0.490 e. The molecule has 0 aliphatic heterocycles. The van der Waals surface area contributed by atoms with Crippen LogP contribution in [0.4, 0.5) is 0 Å². The molecule has 5 nitrogen and oxygen atoms in total. The molecule has 0 aliphatic rings. The second-order valence-electron chi connectivity index (χ2n) is 6.42. The second kappa shape index (κ2) is 12.4. The van der Waals surface area contributed by atoms with Gasteiger partial charge in [-0.25, -0.2) is 4.98 Å². The minimum Gasteiger partial charge on any atom is -0.490 e. The molecule has 0 bridgehead atoms. The normalized spacial score (nSPS) is 10.4. The summed E-state index contributed by atoms with van der Waals surface area (Å²) in [6.07, 6.45) is 6.65. The van der Waals surface area contributed by atoms with Crippen molar-refractivity contribution in [2.24, 2.45) is 0 Å². The zero-order chi connectivity index (χ0) is 19.6. The summed E-state index contributed by atoms with van der Waals surface area (Å²) < 4.78 is 14.0. The molecule has 0 unspecified atom stereocenters. The van der Waals surface area contributed by atoms with Gasteiger partial charge < -0.3 is 19.4 Å². The van der Waals surface area contributed by atoms with Crippen molar-refractivity contribution in [2.75, 3.05) is 13.2 Å². The number of aryl methyl sites for hydroxylation is 1. The standard InChI is InChI=1S/C22H26ClN3O2.ClH/c1-2-27-21-6-3-5-19(15-24-11-4-13-26-14-12-25-17-26)22(21)28-16-18-7-9-20(23)10-8-18;/h3,5-10,12,14,17,24H,2,4,11,13,15-16H2,1H3;1H. The molecule has 0 spiro atoms. The van der Waals surface area contributed by atoms with E-state index in [0.29, 0.717) is 13.2 Å². The van der Waals surface area contributed by atoms with Gasteiger partial charge in [0.15, 0.2) is 11.5 Å². The van der Waals surface area contributed by atoms with Gasteiger partial charge in [-0.1, -0.05) is 35.9 Å². The summed E-state index contributed by atoms with van der Waals surface area (Å²) in [6, 6.07) is 13.7. The number of ether oxygens (including phenoxy) is 2. The molecule has 0 radical (unpaired) electrons. The highest BCUT2D eigenvalue weighted by molar-refractivity contribution is 6.30. The Morgan fingerprint density at radius 3 is 2.66 bits per heavy atom. The highest BCUT2D eigenvalue weighted by Gasteiger charge is 2.11. The Bertz CT molecular complexity index is 840. The van der Waals surface area contributed by atoms with E-state index in [0.717, 1.165) is 53.7 Å². The van der Waals surface area contributed by atoms with Crippen LogP contribution in [0.15, 0.2) is 61.2 Å². The fourth-order valence-corrected chi connectivity index (χ4v) is 3.02. The smallest absolute Gasteiger partial charge is 0.166 e. The topological polar surface area (TPSA) is 48.3 Å². The molecule has 0 aliphatic carbocycles. The van der Waals surface area contributed by atoms with E-state index in [1.54, 1.807) is 6.20 Å². The van der Waals surface area contributed by atoms with Crippen LogP contribution in [-0.2, 0) is 19.7 Å². The minimum atomic E-state index is 0. The summed E-state index contributed by atoms with van der Waals surface area (Å²) in [5, 5.41) is 4.21. The Balaban J connectivity index is 0.00000300. The van der Waals surface area contributed by atoms with E-state index in [9.17, 15) is 0 Å². The number of hydrogen-bond donors (Lipinski definition) is 1. The van der Waals surface area contributed by atoms with Gasteiger partial charge in [-0.15, -0.1) is 12.4 Å². The number of benzene rings is 2. The van der Waals surface area contributed by atoms with Crippen molar-refractivity contribution in [3.8, 4) is 11.5 Å². The fourth-order valence-electron chi connectivity index (χ4n) is 2.90. The number of para-hydroxylation sites is 1. The lowest BCUT2D eigenvalue weighted by molar-refractivity contribution is 0.266. The molecule has 7 heteroatoms. The molecule has 3 rings (SSSR count). The van der Waals surface area contributed by atoms with Gasteiger partial charge in [0.2, 0.25) is 0 Å². The zero-order valence-electron chi connectivity index (χ0n) is 16.5. The van der Waals surface area contributed by atoms with Gasteiger partial charge in [0.1, 0.15) is 6.61 Å². The van der Waals surface area contributed by atoms with Gasteiger partial charge >= 0.3 is 0 Å². The summed E-state index contributed by atoms with van der Waals surface area (Å²) in [5.41, 5.74) is 2.15. The van der Waals surface area contributed by atoms with Crippen LogP contribution in [-0.4, -0.2) is 22.7 Å².